The van der Waals surface area contributed by atoms with Gasteiger partial charge in [-0.3, -0.25) is 0 Å². The second-order valence-electron chi connectivity index (χ2n) is 2.29. The van der Waals surface area contributed by atoms with Crippen LogP contribution in [0.5, 0.6) is 0 Å². The summed E-state index contributed by atoms with van der Waals surface area (Å²) >= 11 is 1.88. The summed E-state index contributed by atoms with van der Waals surface area (Å²) < 4.78 is 0. The largest absolute Gasteiger partial charge is 0.392 e. The van der Waals surface area contributed by atoms with Crippen molar-refractivity contribution in [2.45, 2.75) is 31.1 Å². The van der Waals surface area contributed by atoms with Gasteiger partial charge in [0.05, 0.1) is 6.10 Å². The van der Waals surface area contributed by atoms with Gasteiger partial charge in [-0.1, -0.05) is 6.92 Å². The van der Waals surface area contributed by atoms with Crippen LogP contribution >= 0.6 is 11.8 Å². The molecule has 2 unspecified atom stereocenters. The van der Waals surface area contributed by atoms with E-state index in [1.54, 1.807) is 0 Å². The molecule has 0 spiro atoms. The highest BCUT2D eigenvalue weighted by molar-refractivity contribution is 7.99. The molecule has 1 saturated heterocycles. The zero-order valence-corrected chi connectivity index (χ0v) is 5.95. The van der Waals surface area contributed by atoms with Gasteiger partial charge in [-0.2, -0.15) is 11.8 Å². The van der Waals surface area contributed by atoms with E-state index in [0.717, 1.165) is 6.42 Å². The average molecular weight is 132 g/mol. The summed E-state index contributed by atoms with van der Waals surface area (Å²) in [5.74, 6) is 1.23. The SMILES string of the molecule is CC1SCCCC1O. The molecule has 1 fully saturated rings. The monoisotopic (exact) mass is 132 g/mol. The van der Waals surface area contributed by atoms with E-state index in [0.29, 0.717) is 5.25 Å². The molecule has 1 N–H and O–H groups in total. The predicted octanol–water partition coefficient (Wildman–Crippen LogP) is 1.26. The smallest absolute Gasteiger partial charge is 0.0656 e. The van der Waals surface area contributed by atoms with Gasteiger partial charge in [0.15, 0.2) is 0 Å². The van der Waals surface area contributed by atoms with Crippen molar-refractivity contribution in [2.75, 3.05) is 5.75 Å². The quantitative estimate of drug-likeness (QED) is 0.535. The van der Waals surface area contributed by atoms with Gasteiger partial charge in [0.2, 0.25) is 0 Å². The summed E-state index contributed by atoms with van der Waals surface area (Å²) in [6.07, 6.45) is 2.17. The van der Waals surface area contributed by atoms with E-state index in [4.69, 9.17) is 5.11 Å². The van der Waals surface area contributed by atoms with Gasteiger partial charge in [-0.05, 0) is 18.6 Å². The lowest BCUT2D eigenvalue weighted by atomic mass is 10.1. The summed E-state index contributed by atoms with van der Waals surface area (Å²) in [7, 11) is 0. The molecule has 48 valence electrons. The zero-order valence-electron chi connectivity index (χ0n) is 5.13. The molecule has 0 amide bonds. The molecule has 0 bridgehead atoms. The van der Waals surface area contributed by atoms with E-state index in [-0.39, 0.29) is 6.10 Å². The van der Waals surface area contributed by atoms with Crippen molar-refractivity contribution in [1.29, 1.82) is 0 Å². The Hall–Kier alpha value is 0.310. The third-order valence-electron chi connectivity index (χ3n) is 1.57. The minimum atomic E-state index is -0.0336. The lowest BCUT2D eigenvalue weighted by Crippen LogP contribution is -2.24. The topological polar surface area (TPSA) is 20.2 Å². The number of thioether (sulfide) groups is 1. The third-order valence-corrected chi connectivity index (χ3v) is 2.93. The maximum absolute atomic E-state index is 9.16. The minimum Gasteiger partial charge on any atom is -0.392 e. The van der Waals surface area contributed by atoms with E-state index in [1.165, 1.54) is 12.2 Å². The van der Waals surface area contributed by atoms with Gasteiger partial charge in [0.25, 0.3) is 0 Å². The molecule has 0 radical (unpaired) electrons. The van der Waals surface area contributed by atoms with Gasteiger partial charge in [-0.15, -0.1) is 0 Å². The maximum atomic E-state index is 9.16. The molecule has 0 saturated carbocycles. The van der Waals surface area contributed by atoms with E-state index >= 15 is 0 Å². The molecule has 2 heteroatoms. The molecule has 1 aliphatic rings. The van der Waals surface area contributed by atoms with Crippen LogP contribution in [-0.4, -0.2) is 22.2 Å². The summed E-state index contributed by atoms with van der Waals surface area (Å²) in [6, 6.07) is 0. The van der Waals surface area contributed by atoms with Crippen molar-refractivity contribution in [3.8, 4) is 0 Å². The van der Waals surface area contributed by atoms with Crippen molar-refractivity contribution in [3.05, 3.63) is 0 Å². The van der Waals surface area contributed by atoms with Crippen molar-refractivity contribution in [3.63, 3.8) is 0 Å². The van der Waals surface area contributed by atoms with Crippen molar-refractivity contribution >= 4 is 11.8 Å². The summed E-state index contributed by atoms with van der Waals surface area (Å²) in [5, 5.41) is 9.63. The fourth-order valence-corrected chi connectivity index (χ4v) is 1.97. The molecule has 0 aromatic heterocycles. The Labute approximate surface area is 54.5 Å². The average Bonchev–Trinajstić information content (AvgIpc) is 1.77. The van der Waals surface area contributed by atoms with Gasteiger partial charge >= 0.3 is 0 Å². The molecule has 1 heterocycles. The molecule has 0 aromatic carbocycles. The highest BCUT2D eigenvalue weighted by Gasteiger charge is 2.17. The van der Waals surface area contributed by atoms with Crippen LogP contribution in [0.4, 0.5) is 0 Å². The van der Waals surface area contributed by atoms with Crippen LogP contribution < -0.4 is 0 Å². The predicted molar refractivity (Wildman–Crippen MR) is 37.2 cm³/mol. The summed E-state index contributed by atoms with van der Waals surface area (Å²) in [5.41, 5.74) is 0. The Kier molecular flexibility index (Phi) is 2.20. The standard InChI is InChI=1S/C6H12OS/c1-5-6(7)3-2-4-8-5/h5-7H,2-4H2,1H3. The van der Waals surface area contributed by atoms with Gasteiger partial charge in [0.1, 0.15) is 0 Å². The number of rotatable bonds is 0. The Morgan fingerprint density at radius 1 is 1.62 bits per heavy atom. The second kappa shape index (κ2) is 2.74. The van der Waals surface area contributed by atoms with Crippen molar-refractivity contribution in [2.24, 2.45) is 0 Å². The maximum Gasteiger partial charge on any atom is 0.0656 e. The van der Waals surface area contributed by atoms with E-state index in [9.17, 15) is 0 Å². The number of hydrogen-bond acceptors (Lipinski definition) is 2. The number of aliphatic hydroxyl groups is 1. The lowest BCUT2D eigenvalue weighted by Gasteiger charge is -2.22. The normalized spacial score (nSPS) is 39.8. The first-order valence-electron chi connectivity index (χ1n) is 3.10. The Morgan fingerprint density at radius 2 is 2.38 bits per heavy atom. The summed E-state index contributed by atoms with van der Waals surface area (Å²) in [4.78, 5) is 0. The molecular formula is C6H12OS. The Morgan fingerprint density at radius 3 is 2.75 bits per heavy atom. The van der Waals surface area contributed by atoms with Gasteiger partial charge < -0.3 is 5.11 Å². The fourth-order valence-electron chi connectivity index (χ4n) is 0.907. The van der Waals surface area contributed by atoms with Crippen LogP contribution in [0.25, 0.3) is 0 Å². The first-order valence-corrected chi connectivity index (χ1v) is 4.15. The van der Waals surface area contributed by atoms with Crippen molar-refractivity contribution in [1.82, 2.24) is 0 Å². The first kappa shape index (κ1) is 6.43. The molecular weight excluding hydrogens is 120 g/mol. The molecule has 0 aliphatic carbocycles. The second-order valence-corrected chi connectivity index (χ2v) is 3.77. The van der Waals surface area contributed by atoms with Crippen LogP contribution in [0, 0.1) is 0 Å². The number of hydrogen-bond donors (Lipinski definition) is 1. The van der Waals surface area contributed by atoms with E-state index in [2.05, 4.69) is 6.92 Å². The molecule has 2 atom stereocenters. The molecule has 1 aliphatic heterocycles. The van der Waals surface area contributed by atoms with Crippen LogP contribution in [0.1, 0.15) is 19.8 Å². The summed E-state index contributed by atoms with van der Waals surface area (Å²) in [6.45, 7) is 2.09. The molecule has 1 nitrogen and oxygen atoms in total. The Balaban J connectivity index is 2.28. The molecule has 1 rings (SSSR count). The van der Waals surface area contributed by atoms with Crippen LogP contribution in [-0.2, 0) is 0 Å². The van der Waals surface area contributed by atoms with Gasteiger partial charge in [0, 0.05) is 5.25 Å². The first-order chi connectivity index (χ1) is 3.80. The highest BCUT2D eigenvalue weighted by Crippen LogP contribution is 2.24. The fraction of sp³-hybridized carbons (Fsp3) is 1.00. The molecule has 0 aromatic rings. The highest BCUT2D eigenvalue weighted by atomic mass is 32.2. The lowest BCUT2D eigenvalue weighted by molar-refractivity contribution is 0.161. The van der Waals surface area contributed by atoms with Crippen molar-refractivity contribution < 1.29 is 5.11 Å². The van der Waals surface area contributed by atoms with Gasteiger partial charge in [-0.25, -0.2) is 0 Å². The minimum absolute atomic E-state index is 0.0336. The van der Waals surface area contributed by atoms with Crippen LogP contribution in [0.15, 0.2) is 0 Å². The zero-order chi connectivity index (χ0) is 5.98. The van der Waals surface area contributed by atoms with E-state index in [1.807, 2.05) is 11.8 Å². The Bertz CT molecular complexity index is 64.9. The molecule has 8 heavy (non-hydrogen) atoms. The third kappa shape index (κ3) is 1.39. The van der Waals surface area contributed by atoms with Crippen LogP contribution in [0.2, 0.25) is 0 Å². The van der Waals surface area contributed by atoms with Crippen LogP contribution in [0.3, 0.4) is 0 Å². The van der Waals surface area contributed by atoms with E-state index < -0.39 is 0 Å². The number of aliphatic hydroxyl groups excluding tert-OH is 1.